The highest BCUT2D eigenvalue weighted by molar-refractivity contribution is 5.91. The van der Waals surface area contributed by atoms with Crippen molar-refractivity contribution in [3.05, 3.63) is 29.3 Å². The van der Waals surface area contributed by atoms with Crippen LogP contribution in [0.25, 0.3) is 0 Å². The first-order valence-electron chi connectivity index (χ1n) is 7.42. The van der Waals surface area contributed by atoms with Crippen molar-refractivity contribution in [2.45, 2.75) is 52.0 Å². The van der Waals surface area contributed by atoms with Crippen LogP contribution >= 0.6 is 0 Å². The van der Waals surface area contributed by atoms with E-state index in [1.807, 2.05) is 12.1 Å². The van der Waals surface area contributed by atoms with Gasteiger partial charge in [-0.3, -0.25) is 4.79 Å². The maximum atomic E-state index is 11.9. The van der Waals surface area contributed by atoms with E-state index < -0.39 is 0 Å². The topological polar surface area (TPSA) is 41.1 Å². The Bertz CT molecular complexity index is 429. The normalized spacial score (nSPS) is 13.9. The van der Waals surface area contributed by atoms with E-state index in [-0.39, 0.29) is 5.91 Å². The average molecular weight is 260 g/mol. The van der Waals surface area contributed by atoms with Gasteiger partial charge in [0.1, 0.15) is 0 Å². The number of unbranched alkanes of at least 4 members (excludes halogenated alkanes) is 3. The van der Waals surface area contributed by atoms with Crippen LogP contribution in [0, 0.1) is 0 Å². The average Bonchev–Trinajstić information content (AvgIpc) is 2.44. The van der Waals surface area contributed by atoms with E-state index in [1.165, 1.54) is 24.0 Å². The first kappa shape index (κ1) is 14.1. The molecule has 1 aromatic carbocycles. The Hall–Kier alpha value is -1.35. The summed E-state index contributed by atoms with van der Waals surface area (Å²) in [6.45, 7) is 4.08. The zero-order valence-corrected chi connectivity index (χ0v) is 11.8. The summed E-state index contributed by atoms with van der Waals surface area (Å²) in [5.41, 5.74) is 3.61. The molecule has 3 heteroatoms. The molecule has 1 aliphatic heterocycles. The predicted molar refractivity (Wildman–Crippen MR) is 79.2 cm³/mol. The van der Waals surface area contributed by atoms with Gasteiger partial charge in [0.2, 0.25) is 5.91 Å². The number of nitrogens with one attached hydrogen (secondary N) is 2. The van der Waals surface area contributed by atoms with Crippen molar-refractivity contribution in [1.82, 2.24) is 5.32 Å². The van der Waals surface area contributed by atoms with Crippen LogP contribution in [0.3, 0.4) is 0 Å². The molecule has 0 atom stereocenters. The summed E-state index contributed by atoms with van der Waals surface area (Å²) in [5, 5.41) is 6.43. The fourth-order valence-electron chi connectivity index (χ4n) is 2.56. The first-order chi connectivity index (χ1) is 9.31. The van der Waals surface area contributed by atoms with Gasteiger partial charge in [-0.2, -0.15) is 0 Å². The molecule has 0 saturated carbocycles. The zero-order valence-electron chi connectivity index (χ0n) is 11.8. The third kappa shape index (κ3) is 4.06. The highest BCUT2D eigenvalue weighted by Gasteiger charge is 2.13. The summed E-state index contributed by atoms with van der Waals surface area (Å²) < 4.78 is 0. The van der Waals surface area contributed by atoms with E-state index in [2.05, 4.69) is 23.6 Å². The lowest BCUT2D eigenvalue weighted by Gasteiger charge is -2.20. The number of hydrogen-bond donors (Lipinski definition) is 2. The van der Waals surface area contributed by atoms with E-state index in [1.54, 1.807) is 0 Å². The Labute approximate surface area is 115 Å². The molecule has 0 spiro atoms. The number of rotatable bonds is 6. The number of fused-ring (bicyclic) bond motifs is 1. The van der Waals surface area contributed by atoms with Crippen LogP contribution in [-0.4, -0.2) is 12.5 Å². The Balaban J connectivity index is 1.90. The number of hydrogen-bond acceptors (Lipinski definition) is 2. The van der Waals surface area contributed by atoms with E-state index in [0.29, 0.717) is 6.42 Å². The van der Waals surface area contributed by atoms with Crippen molar-refractivity contribution in [3.8, 4) is 0 Å². The van der Waals surface area contributed by atoms with E-state index in [0.717, 1.165) is 38.0 Å². The third-order valence-electron chi connectivity index (χ3n) is 3.68. The van der Waals surface area contributed by atoms with Gasteiger partial charge in [-0.1, -0.05) is 38.3 Å². The van der Waals surface area contributed by atoms with Gasteiger partial charge in [-0.15, -0.1) is 0 Å². The van der Waals surface area contributed by atoms with Gasteiger partial charge < -0.3 is 10.6 Å². The summed E-state index contributed by atoms with van der Waals surface area (Å²) in [7, 11) is 0. The van der Waals surface area contributed by atoms with E-state index >= 15 is 0 Å². The van der Waals surface area contributed by atoms with Crippen LogP contribution in [-0.2, 0) is 17.8 Å². The maximum absolute atomic E-state index is 11.9. The van der Waals surface area contributed by atoms with Gasteiger partial charge in [0.15, 0.2) is 0 Å². The standard InChI is InChI=1S/C16H24N2O/c1-2-3-4-5-9-16(19)18-15-8-6-7-13-10-11-17-12-14(13)15/h6-8,17H,2-5,9-12H2,1H3,(H,18,19). The van der Waals surface area contributed by atoms with Crippen LogP contribution in [0.5, 0.6) is 0 Å². The van der Waals surface area contributed by atoms with Crippen molar-refractivity contribution in [1.29, 1.82) is 0 Å². The highest BCUT2D eigenvalue weighted by Crippen LogP contribution is 2.23. The Kier molecular flexibility index (Phi) is 5.40. The van der Waals surface area contributed by atoms with Crippen molar-refractivity contribution < 1.29 is 4.79 Å². The molecule has 0 bridgehead atoms. The third-order valence-corrected chi connectivity index (χ3v) is 3.68. The van der Waals surface area contributed by atoms with Crippen molar-refractivity contribution in [2.75, 3.05) is 11.9 Å². The van der Waals surface area contributed by atoms with Crippen molar-refractivity contribution >= 4 is 11.6 Å². The number of carbonyl (C=O) groups is 1. The molecule has 1 aliphatic rings. The number of amides is 1. The minimum absolute atomic E-state index is 0.148. The second-order valence-electron chi connectivity index (χ2n) is 5.23. The Morgan fingerprint density at radius 2 is 2.21 bits per heavy atom. The molecule has 1 amide bonds. The molecule has 0 aromatic heterocycles. The molecule has 1 aromatic rings. The SMILES string of the molecule is CCCCCCC(=O)Nc1cccc2c1CNCC2. The van der Waals surface area contributed by atoms with Gasteiger partial charge in [0, 0.05) is 18.7 Å². The fraction of sp³-hybridized carbons (Fsp3) is 0.562. The van der Waals surface area contributed by atoms with Crippen LogP contribution in [0.2, 0.25) is 0 Å². The zero-order chi connectivity index (χ0) is 13.5. The molecular weight excluding hydrogens is 236 g/mol. The fourth-order valence-corrected chi connectivity index (χ4v) is 2.56. The Morgan fingerprint density at radius 1 is 1.32 bits per heavy atom. The molecule has 104 valence electrons. The molecule has 0 aliphatic carbocycles. The molecule has 3 nitrogen and oxygen atoms in total. The second kappa shape index (κ2) is 7.29. The summed E-state index contributed by atoms with van der Waals surface area (Å²) in [6.07, 6.45) is 6.26. The summed E-state index contributed by atoms with van der Waals surface area (Å²) in [5.74, 6) is 0.148. The van der Waals surface area contributed by atoms with Crippen LogP contribution < -0.4 is 10.6 Å². The minimum atomic E-state index is 0.148. The monoisotopic (exact) mass is 260 g/mol. The number of benzene rings is 1. The van der Waals surface area contributed by atoms with Gasteiger partial charge in [-0.05, 0) is 36.6 Å². The molecule has 0 radical (unpaired) electrons. The van der Waals surface area contributed by atoms with Gasteiger partial charge in [0.05, 0.1) is 0 Å². The van der Waals surface area contributed by atoms with E-state index in [9.17, 15) is 4.79 Å². The molecule has 0 saturated heterocycles. The molecule has 0 unspecified atom stereocenters. The summed E-state index contributed by atoms with van der Waals surface area (Å²) >= 11 is 0. The minimum Gasteiger partial charge on any atom is -0.326 e. The van der Waals surface area contributed by atoms with Gasteiger partial charge in [0.25, 0.3) is 0 Å². The van der Waals surface area contributed by atoms with Crippen molar-refractivity contribution in [2.24, 2.45) is 0 Å². The van der Waals surface area contributed by atoms with Crippen LogP contribution in [0.1, 0.15) is 50.2 Å². The molecule has 0 fully saturated rings. The highest BCUT2D eigenvalue weighted by atomic mass is 16.1. The lowest BCUT2D eigenvalue weighted by Crippen LogP contribution is -2.25. The molecule has 2 rings (SSSR count). The molecular formula is C16H24N2O. The summed E-state index contributed by atoms with van der Waals surface area (Å²) in [6, 6.07) is 6.21. The van der Waals surface area contributed by atoms with Crippen molar-refractivity contribution in [3.63, 3.8) is 0 Å². The smallest absolute Gasteiger partial charge is 0.224 e. The van der Waals surface area contributed by atoms with Crippen LogP contribution in [0.4, 0.5) is 5.69 Å². The lowest BCUT2D eigenvalue weighted by atomic mass is 9.99. The van der Waals surface area contributed by atoms with Crippen LogP contribution in [0.15, 0.2) is 18.2 Å². The van der Waals surface area contributed by atoms with Gasteiger partial charge in [-0.25, -0.2) is 0 Å². The quantitative estimate of drug-likeness (QED) is 0.771. The molecule has 19 heavy (non-hydrogen) atoms. The molecule has 2 N–H and O–H groups in total. The Morgan fingerprint density at radius 3 is 3.05 bits per heavy atom. The maximum Gasteiger partial charge on any atom is 0.224 e. The first-order valence-corrected chi connectivity index (χ1v) is 7.42. The lowest BCUT2D eigenvalue weighted by molar-refractivity contribution is -0.116. The second-order valence-corrected chi connectivity index (χ2v) is 5.23. The van der Waals surface area contributed by atoms with E-state index in [4.69, 9.17) is 0 Å². The number of anilines is 1. The largest absolute Gasteiger partial charge is 0.326 e. The molecule has 1 heterocycles. The van der Waals surface area contributed by atoms with Gasteiger partial charge >= 0.3 is 0 Å². The summed E-state index contributed by atoms with van der Waals surface area (Å²) in [4.78, 5) is 11.9. The predicted octanol–water partition coefficient (Wildman–Crippen LogP) is 3.24. The number of carbonyl (C=O) groups excluding carboxylic acids is 1.